The highest BCUT2D eigenvalue weighted by atomic mass is 16.9. The summed E-state index contributed by atoms with van der Waals surface area (Å²) in [6.45, 7) is 0. The van der Waals surface area contributed by atoms with Crippen LogP contribution in [0.15, 0.2) is 4.99 Å². The molecule has 9 unspecified atom stereocenters. The molecule has 0 aromatic rings. The fourth-order valence-corrected chi connectivity index (χ4v) is 3.92. The van der Waals surface area contributed by atoms with Crippen molar-refractivity contribution in [2.45, 2.75) is 48.3 Å². The van der Waals surface area contributed by atoms with E-state index in [4.69, 9.17) is 15.2 Å². The molecule has 0 aromatic heterocycles. The molecule has 4 aliphatic heterocycles. The van der Waals surface area contributed by atoms with Crippen LogP contribution >= 0.6 is 0 Å². The number of ether oxygens (including phenoxy) is 2. The molecule has 10 heteroatoms. The maximum Gasteiger partial charge on any atom is 0.311 e. The van der Waals surface area contributed by atoms with Crippen LogP contribution in [0.2, 0.25) is 0 Å². The van der Waals surface area contributed by atoms with E-state index in [2.05, 4.69) is 10.3 Å². The van der Waals surface area contributed by atoms with E-state index in [1.807, 2.05) is 0 Å². The molecule has 4 fully saturated rings. The van der Waals surface area contributed by atoms with Crippen LogP contribution in [0, 0.1) is 5.92 Å². The number of guanidine groups is 1. The number of hydrogen-bond acceptors (Lipinski definition) is 10. The Bertz CT molecular complexity index is 503. The zero-order chi connectivity index (χ0) is 14.4. The van der Waals surface area contributed by atoms with Crippen molar-refractivity contribution < 1.29 is 35.0 Å². The van der Waals surface area contributed by atoms with E-state index in [9.17, 15) is 25.5 Å². The molecule has 4 heterocycles. The third kappa shape index (κ3) is 1.13. The fourth-order valence-electron chi connectivity index (χ4n) is 3.92. The summed E-state index contributed by atoms with van der Waals surface area (Å²) in [6, 6.07) is 0. The van der Waals surface area contributed by atoms with E-state index in [0.717, 1.165) is 0 Å². The minimum atomic E-state index is -2.38. The van der Waals surface area contributed by atoms with Crippen LogP contribution in [0.5, 0.6) is 0 Å². The molecule has 5 aliphatic rings. The molecule has 10 nitrogen and oxygen atoms in total. The lowest BCUT2D eigenvalue weighted by Gasteiger charge is -2.68. The van der Waals surface area contributed by atoms with E-state index in [1.54, 1.807) is 0 Å². The third-order valence-electron chi connectivity index (χ3n) is 4.72. The SMILES string of the molecule is NC1=NC(O)C2C3OC4(O)OC(C3O)C(O)C2(N1)C4O. The number of nitrogens with two attached hydrogens (primary N) is 1. The lowest BCUT2D eigenvalue weighted by Crippen LogP contribution is -2.92. The van der Waals surface area contributed by atoms with Gasteiger partial charge in [0.15, 0.2) is 18.3 Å². The van der Waals surface area contributed by atoms with Gasteiger partial charge in [-0.2, -0.15) is 0 Å². The molecule has 0 radical (unpaired) electrons. The Kier molecular flexibility index (Phi) is 2.17. The summed E-state index contributed by atoms with van der Waals surface area (Å²) in [5.41, 5.74) is 3.95. The van der Waals surface area contributed by atoms with Crippen molar-refractivity contribution in [2.24, 2.45) is 16.6 Å². The molecule has 20 heavy (non-hydrogen) atoms. The van der Waals surface area contributed by atoms with Crippen LogP contribution in [0.3, 0.4) is 0 Å². The lowest BCUT2D eigenvalue weighted by molar-refractivity contribution is -0.532. The summed E-state index contributed by atoms with van der Waals surface area (Å²) in [4.78, 5) is 3.71. The fraction of sp³-hybridized carbons (Fsp3) is 0.900. The third-order valence-corrected chi connectivity index (χ3v) is 4.72. The largest absolute Gasteiger partial charge is 0.388 e. The molecule has 5 rings (SSSR count). The van der Waals surface area contributed by atoms with Crippen LogP contribution in [-0.4, -0.2) is 79.8 Å². The monoisotopic (exact) mass is 289 g/mol. The number of aliphatic hydroxyl groups excluding tert-OH is 4. The minimum Gasteiger partial charge on any atom is -0.388 e. The van der Waals surface area contributed by atoms with Crippen molar-refractivity contribution >= 4 is 5.96 Å². The Morgan fingerprint density at radius 3 is 2.50 bits per heavy atom. The first-order valence-electron chi connectivity index (χ1n) is 6.23. The predicted octanol–water partition coefficient (Wildman–Crippen LogP) is -4.88. The van der Waals surface area contributed by atoms with Crippen LogP contribution in [0.1, 0.15) is 0 Å². The Balaban J connectivity index is 1.92. The molecule has 1 spiro atoms. The number of nitrogens with zero attached hydrogens (tertiary/aromatic N) is 1. The van der Waals surface area contributed by atoms with Gasteiger partial charge in [0.2, 0.25) is 0 Å². The second kappa shape index (κ2) is 3.42. The Hall–Kier alpha value is -1.01. The molecule has 3 saturated heterocycles. The van der Waals surface area contributed by atoms with E-state index in [1.165, 1.54) is 0 Å². The van der Waals surface area contributed by atoms with Gasteiger partial charge in [0.1, 0.15) is 30.0 Å². The van der Waals surface area contributed by atoms with Crippen LogP contribution in [0.25, 0.3) is 0 Å². The zero-order valence-corrected chi connectivity index (χ0v) is 10.1. The zero-order valence-electron chi connectivity index (χ0n) is 10.1. The summed E-state index contributed by atoms with van der Waals surface area (Å²) in [6.07, 6.45) is -8.06. The van der Waals surface area contributed by atoms with Gasteiger partial charge in [-0.05, 0) is 0 Å². The van der Waals surface area contributed by atoms with Crippen LogP contribution in [0.4, 0.5) is 0 Å². The second-order valence-electron chi connectivity index (χ2n) is 5.65. The van der Waals surface area contributed by atoms with Gasteiger partial charge in [0.25, 0.3) is 0 Å². The molecule has 0 aromatic carbocycles. The predicted molar refractivity (Wildman–Crippen MR) is 59.7 cm³/mol. The van der Waals surface area contributed by atoms with Crippen molar-refractivity contribution in [1.82, 2.24) is 5.32 Å². The topological polar surface area (TPSA) is 170 Å². The van der Waals surface area contributed by atoms with E-state index in [-0.39, 0.29) is 5.96 Å². The van der Waals surface area contributed by atoms with Gasteiger partial charge >= 0.3 is 5.97 Å². The number of nitrogens with one attached hydrogen (secondary N) is 1. The summed E-state index contributed by atoms with van der Waals surface area (Å²) in [7, 11) is 0. The van der Waals surface area contributed by atoms with Gasteiger partial charge in [-0.3, -0.25) is 0 Å². The van der Waals surface area contributed by atoms with E-state index in [0.29, 0.717) is 0 Å². The Morgan fingerprint density at radius 1 is 1.15 bits per heavy atom. The minimum absolute atomic E-state index is 0.188. The van der Waals surface area contributed by atoms with E-state index < -0.39 is 54.2 Å². The smallest absolute Gasteiger partial charge is 0.311 e. The average Bonchev–Trinajstić information content (AvgIpc) is 2.36. The van der Waals surface area contributed by atoms with Crippen molar-refractivity contribution in [3.05, 3.63) is 0 Å². The first-order chi connectivity index (χ1) is 9.31. The van der Waals surface area contributed by atoms with Crippen LogP contribution in [-0.2, 0) is 9.47 Å². The lowest BCUT2D eigenvalue weighted by atomic mass is 9.59. The summed E-state index contributed by atoms with van der Waals surface area (Å²) < 4.78 is 10.2. The van der Waals surface area contributed by atoms with Crippen molar-refractivity contribution in [1.29, 1.82) is 0 Å². The molecular weight excluding hydrogens is 274 g/mol. The number of hydrogen-bond donors (Lipinski definition) is 7. The summed E-state index contributed by atoms with van der Waals surface area (Å²) >= 11 is 0. The van der Waals surface area contributed by atoms with Crippen LogP contribution < -0.4 is 11.1 Å². The van der Waals surface area contributed by atoms with Gasteiger partial charge in [0, 0.05) is 0 Å². The summed E-state index contributed by atoms with van der Waals surface area (Å²) in [5, 5.41) is 53.7. The number of rotatable bonds is 0. The molecule has 4 bridgehead atoms. The van der Waals surface area contributed by atoms with Gasteiger partial charge in [0.05, 0.1) is 5.92 Å². The standard InChI is InChI=1S/C10H15N3O7/c11-8-12-6(16)1-3-2(14)4-5(15)9(1,13-8)7(17)10(18,19-3)20-4/h1-7,14-18H,(H3,11,12,13). The van der Waals surface area contributed by atoms with Gasteiger partial charge in [-0.15, -0.1) is 0 Å². The number of aliphatic hydroxyl groups is 5. The molecular formula is C10H15N3O7. The Labute approximate surface area is 112 Å². The van der Waals surface area contributed by atoms with Gasteiger partial charge in [-0.25, -0.2) is 4.99 Å². The highest BCUT2D eigenvalue weighted by molar-refractivity contribution is 5.80. The highest BCUT2D eigenvalue weighted by Crippen LogP contribution is 2.55. The normalized spacial score (nSPS) is 63.6. The van der Waals surface area contributed by atoms with Crippen molar-refractivity contribution in [3.8, 4) is 0 Å². The molecule has 9 atom stereocenters. The maximum atomic E-state index is 10.4. The molecule has 1 saturated carbocycles. The highest BCUT2D eigenvalue weighted by Gasteiger charge is 2.79. The second-order valence-corrected chi connectivity index (χ2v) is 5.65. The van der Waals surface area contributed by atoms with Crippen molar-refractivity contribution in [2.75, 3.05) is 0 Å². The Morgan fingerprint density at radius 2 is 1.80 bits per heavy atom. The molecule has 1 aliphatic carbocycles. The molecule has 112 valence electrons. The van der Waals surface area contributed by atoms with Gasteiger partial charge in [-0.1, -0.05) is 0 Å². The molecule has 8 N–H and O–H groups in total. The molecule has 0 amide bonds. The van der Waals surface area contributed by atoms with E-state index >= 15 is 0 Å². The summed E-state index contributed by atoms with van der Waals surface area (Å²) in [5.74, 6) is -3.56. The first-order valence-corrected chi connectivity index (χ1v) is 6.23. The maximum absolute atomic E-state index is 10.4. The number of aliphatic imine (C=N–C) groups is 1. The van der Waals surface area contributed by atoms with Gasteiger partial charge < -0.3 is 46.1 Å². The quantitative estimate of drug-likeness (QED) is 0.231. The first kappa shape index (κ1) is 12.7. The van der Waals surface area contributed by atoms with Crippen molar-refractivity contribution in [3.63, 3.8) is 0 Å². The average molecular weight is 289 g/mol.